The van der Waals surface area contributed by atoms with Crippen molar-refractivity contribution in [1.29, 1.82) is 0 Å². The molecule has 3 rings (SSSR count). The van der Waals surface area contributed by atoms with Crippen LogP contribution in [0.25, 0.3) is 16.9 Å². The SMILES string of the molecule is Cc1nc(Br)cc(-n2nnc3ccccc32)n1. The first-order valence-corrected chi connectivity index (χ1v) is 5.85. The summed E-state index contributed by atoms with van der Waals surface area (Å²) in [5.41, 5.74) is 1.78. The number of aromatic nitrogens is 5. The van der Waals surface area contributed by atoms with E-state index in [1.807, 2.05) is 37.3 Å². The molecule has 5 nitrogen and oxygen atoms in total. The number of hydrogen-bond acceptors (Lipinski definition) is 4. The first kappa shape index (κ1) is 10.3. The number of halogens is 1. The van der Waals surface area contributed by atoms with Gasteiger partial charge in [-0.25, -0.2) is 9.97 Å². The van der Waals surface area contributed by atoms with Crippen molar-refractivity contribution in [2.45, 2.75) is 6.92 Å². The van der Waals surface area contributed by atoms with Gasteiger partial charge in [-0.1, -0.05) is 17.3 Å². The molecule has 0 aliphatic heterocycles. The minimum Gasteiger partial charge on any atom is -0.226 e. The zero-order valence-corrected chi connectivity index (χ0v) is 10.6. The van der Waals surface area contributed by atoms with Crippen LogP contribution < -0.4 is 0 Å². The molecule has 2 heterocycles. The summed E-state index contributed by atoms with van der Waals surface area (Å²) in [6, 6.07) is 9.57. The summed E-state index contributed by atoms with van der Waals surface area (Å²) in [6.45, 7) is 1.84. The van der Waals surface area contributed by atoms with Crippen molar-refractivity contribution in [2.24, 2.45) is 0 Å². The van der Waals surface area contributed by atoms with Gasteiger partial charge in [0.25, 0.3) is 0 Å². The number of aryl methyl sites for hydroxylation is 1. The zero-order valence-electron chi connectivity index (χ0n) is 9.00. The van der Waals surface area contributed by atoms with Crippen LogP contribution in [0.1, 0.15) is 5.82 Å². The number of fused-ring (bicyclic) bond motifs is 1. The maximum absolute atomic E-state index is 4.35. The fourth-order valence-corrected chi connectivity index (χ4v) is 2.12. The number of benzene rings is 1. The Kier molecular flexibility index (Phi) is 2.36. The Morgan fingerprint density at radius 1 is 1.18 bits per heavy atom. The lowest BCUT2D eigenvalue weighted by Crippen LogP contribution is -2.02. The van der Waals surface area contributed by atoms with Gasteiger partial charge in [-0.3, -0.25) is 0 Å². The van der Waals surface area contributed by atoms with Gasteiger partial charge in [0.15, 0.2) is 5.82 Å². The van der Waals surface area contributed by atoms with E-state index in [0.717, 1.165) is 15.6 Å². The molecule has 0 amide bonds. The van der Waals surface area contributed by atoms with Crippen LogP contribution in [0.15, 0.2) is 34.9 Å². The molecule has 1 aromatic carbocycles. The molecule has 0 N–H and O–H groups in total. The smallest absolute Gasteiger partial charge is 0.160 e. The number of nitrogens with zero attached hydrogens (tertiary/aromatic N) is 5. The molecule has 84 valence electrons. The standard InChI is InChI=1S/C11H8BrN5/c1-7-13-10(12)6-11(14-7)17-9-5-3-2-4-8(9)15-16-17/h2-6H,1H3. The third-order valence-corrected chi connectivity index (χ3v) is 2.77. The van der Waals surface area contributed by atoms with Gasteiger partial charge in [-0.05, 0) is 35.0 Å². The van der Waals surface area contributed by atoms with Crippen LogP contribution in [0.4, 0.5) is 0 Å². The first-order valence-electron chi connectivity index (χ1n) is 5.06. The minimum absolute atomic E-state index is 0.689. The van der Waals surface area contributed by atoms with Crippen molar-refractivity contribution < 1.29 is 0 Å². The highest BCUT2D eigenvalue weighted by atomic mass is 79.9. The Morgan fingerprint density at radius 2 is 2.00 bits per heavy atom. The fourth-order valence-electron chi connectivity index (χ4n) is 1.66. The van der Waals surface area contributed by atoms with E-state index in [-0.39, 0.29) is 0 Å². The van der Waals surface area contributed by atoms with Crippen molar-refractivity contribution in [3.63, 3.8) is 0 Å². The average molecular weight is 290 g/mol. The fraction of sp³-hybridized carbons (Fsp3) is 0.0909. The Bertz CT molecular complexity index is 671. The van der Waals surface area contributed by atoms with Crippen molar-refractivity contribution >= 4 is 27.0 Å². The topological polar surface area (TPSA) is 56.5 Å². The van der Waals surface area contributed by atoms with Gasteiger partial charge in [0.1, 0.15) is 15.9 Å². The second kappa shape index (κ2) is 3.89. The van der Waals surface area contributed by atoms with Crippen molar-refractivity contribution in [3.05, 3.63) is 40.8 Å². The van der Waals surface area contributed by atoms with E-state index in [0.29, 0.717) is 11.6 Å². The van der Waals surface area contributed by atoms with Gasteiger partial charge < -0.3 is 0 Å². The quantitative estimate of drug-likeness (QED) is 0.645. The molecule has 3 aromatic rings. The maximum atomic E-state index is 4.35. The van der Waals surface area contributed by atoms with Crippen molar-refractivity contribution in [1.82, 2.24) is 25.0 Å². The molecule has 0 spiro atoms. The van der Waals surface area contributed by atoms with E-state index in [1.54, 1.807) is 4.68 Å². The van der Waals surface area contributed by atoms with Crippen LogP contribution in [0.2, 0.25) is 0 Å². The van der Waals surface area contributed by atoms with Gasteiger partial charge in [-0.15, -0.1) is 5.10 Å². The highest BCUT2D eigenvalue weighted by Crippen LogP contribution is 2.16. The highest BCUT2D eigenvalue weighted by molar-refractivity contribution is 9.10. The van der Waals surface area contributed by atoms with Gasteiger partial charge in [-0.2, -0.15) is 4.68 Å². The van der Waals surface area contributed by atoms with Gasteiger partial charge in [0, 0.05) is 6.07 Å². The minimum atomic E-state index is 0.689. The van der Waals surface area contributed by atoms with Crippen molar-refractivity contribution in [3.8, 4) is 5.82 Å². The molecule has 6 heteroatoms. The molecule has 2 aromatic heterocycles. The van der Waals surface area contributed by atoms with Crippen LogP contribution in [0.3, 0.4) is 0 Å². The predicted octanol–water partition coefficient (Wildman–Crippen LogP) is 2.28. The van der Waals surface area contributed by atoms with E-state index >= 15 is 0 Å². The Morgan fingerprint density at radius 3 is 2.82 bits per heavy atom. The molecule has 0 radical (unpaired) electrons. The number of hydrogen-bond donors (Lipinski definition) is 0. The summed E-state index contributed by atoms with van der Waals surface area (Å²) >= 11 is 3.35. The maximum Gasteiger partial charge on any atom is 0.160 e. The summed E-state index contributed by atoms with van der Waals surface area (Å²) in [4.78, 5) is 8.51. The van der Waals surface area contributed by atoms with E-state index in [4.69, 9.17) is 0 Å². The Hall–Kier alpha value is -1.82. The first-order chi connectivity index (χ1) is 8.24. The lowest BCUT2D eigenvalue weighted by Gasteiger charge is -2.02. The highest BCUT2D eigenvalue weighted by Gasteiger charge is 2.08. The van der Waals surface area contributed by atoms with E-state index in [9.17, 15) is 0 Å². The Labute approximate surface area is 106 Å². The summed E-state index contributed by atoms with van der Waals surface area (Å²) in [7, 11) is 0. The monoisotopic (exact) mass is 289 g/mol. The van der Waals surface area contributed by atoms with Crippen molar-refractivity contribution in [2.75, 3.05) is 0 Å². The van der Waals surface area contributed by atoms with Gasteiger partial charge >= 0.3 is 0 Å². The normalized spacial score (nSPS) is 10.9. The molecule has 0 unspecified atom stereocenters. The molecule has 0 aliphatic carbocycles. The van der Waals surface area contributed by atoms with Crippen LogP contribution in [0.5, 0.6) is 0 Å². The second-order valence-electron chi connectivity index (χ2n) is 3.59. The average Bonchev–Trinajstić information content (AvgIpc) is 2.71. The molecule has 0 fully saturated rings. The Balaban J connectivity index is 2.27. The van der Waals surface area contributed by atoms with Gasteiger partial charge in [0.05, 0.1) is 5.52 Å². The third kappa shape index (κ3) is 1.80. The number of para-hydroxylation sites is 1. The molecule has 0 aliphatic rings. The van der Waals surface area contributed by atoms with E-state index in [1.165, 1.54) is 0 Å². The largest absolute Gasteiger partial charge is 0.226 e. The van der Waals surface area contributed by atoms with Crippen LogP contribution >= 0.6 is 15.9 Å². The van der Waals surface area contributed by atoms with E-state index < -0.39 is 0 Å². The lowest BCUT2D eigenvalue weighted by atomic mass is 10.3. The molecule has 0 atom stereocenters. The molecular formula is C11H8BrN5. The molecule has 0 saturated carbocycles. The predicted molar refractivity (Wildman–Crippen MR) is 66.9 cm³/mol. The van der Waals surface area contributed by atoms with Crippen LogP contribution in [0, 0.1) is 6.92 Å². The molecule has 0 saturated heterocycles. The molecule has 17 heavy (non-hydrogen) atoms. The van der Waals surface area contributed by atoms with Crippen LogP contribution in [-0.4, -0.2) is 25.0 Å². The van der Waals surface area contributed by atoms with Gasteiger partial charge in [0.2, 0.25) is 0 Å². The molecule has 0 bridgehead atoms. The zero-order chi connectivity index (χ0) is 11.8. The third-order valence-electron chi connectivity index (χ3n) is 2.36. The summed E-state index contributed by atoms with van der Waals surface area (Å²) in [6.07, 6.45) is 0. The molecular weight excluding hydrogens is 282 g/mol. The van der Waals surface area contributed by atoms with Crippen LogP contribution in [-0.2, 0) is 0 Å². The summed E-state index contributed by atoms with van der Waals surface area (Å²) in [5, 5.41) is 8.19. The summed E-state index contributed by atoms with van der Waals surface area (Å²) < 4.78 is 2.44. The lowest BCUT2D eigenvalue weighted by molar-refractivity contribution is 0.788. The summed E-state index contributed by atoms with van der Waals surface area (Å²) in [5.74, 6) is 1.40. The van der Waals surface area contributed by atoms with E-state index in [2.05, 4.69) is 36.2 Å². The number of rotatable bonds is 1. The second-order valence-corrected chi connectivity index (χ2v) is 4.40.